The number of nitrogens with two attached hydrogens (primary N) is 1. The second-order valence-corrected chi connectivity index (χ2v) is 5.26. The minimum atomic E-state index is 0.249. The molecule has 4 nitrogen and oxygen atoms in total. The first kappa shape index (κ1) is 15.5. The molecule has 0 amide bonds. The molecule has 1 aromatic carbocycles. The molecular formula is C15H25N3O. The maximum atomic E-state index is 7.34. The molecule has 19 heavy (non-hydrogen) atoms. The molecule has 0 radical (unpaired) electrons. The SMILES string of the molecule is COc1cccc(CN(CCC(=N)N)CC(C)C)c1. The second kappa shape index (κ2) is 7.79. The smallest absolute Gasteiger partial charge is 0.119 e. The lowest BCUT2D eigenvalue weighted by Crippen LogP contribution is -2.30. The molecule has 0 saturated carbocycles. The predicted molar refractivity (Wildman–Crippen MR) is 79.6 cm³/mol. The van der Waals surface area contributed by atoms with Gasteiger partial charge in [0.25, 0.3) is 0 Å². The van der Waals surface area contributed by atoms with Crippen molar-refractivity contribution in [3.63, 3.8) is 0 Å². The first-order chi connectivity index (χ1) is 9.01. The molecule has 0 heterocycles. The van der Waals surface area contributed by atoms with Crippen molar-refractivity contribution in [3.8, 4) is 5.75 Å². The van der Waals surface area contributed by atoms with Gasteiger partial charge in [-0.25, -0.2) is 0 Å². The van der Waals surface area contributed by atoms with E-state index in [2.05, 4.69) is 30.9 Å². The fourth-order valence-electron chi connectivity index (χ4n) is 2.06. The molecule has 0 unspecified atom stereocenters. The Morgan fingerprint density at radius 1 is 1.42 bits per heavy atom. The summed E-state index contributed by atoms with van der Waals surface area (Å²) in [6.45, 7) is 7.09. The van der Waals surface area contributed by atoms with Crippen LogP contribution in [0.3, 0.4) is 0 Å². The summed E-state index contributed by atoms with van der Waals surface area (Å²) in [5.41, 5.74) is 6.67. The van der Waals surface area contributed by atoms with E-state index < -0.39 is 0 Å². The number of rotatable bonds is 8. The Kier molecular flexibility index (Phi) is 6.36. The van der Waals surface area contributed by atoms with Crippen molar-refractivity contribution in [3.05, 3.63) is 29.8 Å². The van der Waals surface area contributed by atoms with E-state index in [-0.39, 0.29) is 5.84 Å². The van der Waals surface area contributed by atoms with Gasteiger partial charge in [-0.3, -0.25) is 10.3 Å². The molecule has 0 spiro atoms. The lowest BCUT2D eigenvalue weighted by Gasteiger charge is -2.24. The van der Waals surface area contributed by atoms with Crippen LogP contribution in [0.25, 0.3) is 0 Å². The number of methoxy groups -OCH3 is 1. The summed E-state index contributed by atoms with van der Waals surface area (Å²) in [6.07, 6.45) is 0.622. The number of hydrogen-bond acceptors (Lipinski definition) is 3. The van der Waals surface area contributed by atoms with Gasteiger partial charge >= 0.3 is 0 Å². The molecule has 0 fully saturated rings. The van der Waals surface area contributed by atoms with Crippen LogP contribution < -0.4 is 10.5 Å². The summed E-state index contributed by atoms with van der Waals surface area (Å²) in [4.78, 5) is 2.33. The number of nitrogens with zero attached hydrogens (tertiary/aromatic N) is 1. The van der Waals surface area contributed by atoms with Gasteiger partial charge in [-0.15, -0.1) is 0 Å². The first-order valence-electron chi connectivity index (χ1n) is 6.69. The standard InChI is InChI=1S/C15H25N3O/c1-12(2)10-18(8-7-15(16)17)11-13-5-4-6-14(9-13)19-3/h4-6,9,12H,7-8,10-11H2,1-3H3,(H3,16,17). The zero-order valence-corrected chi connectivity index (χ0v) is 12.1. The van der Waals surface area contributed by atoms with Crippen LogP contribution in [0, 0.1) is 11.3 Å². The molecule has 0 aliphatic heterocycles. The molecule has 3 N–H and O–H groups in total. The summed E-state index contributed by atoms with van der Waals surface area (Å²) in [5.74, 6) is 1.73. The van der Waals surface area contributed by atoms with Crippen molar-refractivity contribution in [2.75, 3.05) is 20.2 Å². The van der Waals surface area contributed by atoms with E-state index in [9.17, 15) is 0 Å². The molecular weight excluding hydrogens is 238 g/mol. The van der Waals surface area contributed by atoms with Gasteiger partial charge in [-0.2, -0.15) is 0 Å². The average Bonchev–Trinajstić information content (AvgIpc) is 2.35. The summed E-state index contributed by atoms with van der Waals surface area (Å²) in [7, 11) is 1.68. The van der Waals surface area contributed by atoms with Gasteiger partial charge in [-0.1, -0.05) is 26.0 Å². The van der Waals surface area contributed by atoms with Gasteiger partial charge < -0.3 is 10.5 Å². The normalized spacial score (nSPS) is 11.0. The van der Waals surface area contributed by atoms with Crippen molar-refractivity contribution in [1.29, 1.82) is 5.41 Å². The molecule has 0 aliphatic rings. The molecule has 0 saturated heterocycles. The number of nitrogens with one attached hydrogen (secondary N) is 1. The van der Waals surface area contributed by atoms with E-state index in [1.165, 1.54) is 5.56 Å². The summed E-state index contributed by atoms with van der Waals surface area (Å²) in [6, 6.07) is 8.11. The minimum absolute atomic E-state index is 0.249. The summed E-state index contributed by atoms with van der Waals surface area (Å²) >= 11 is 0. The van der Waals surface area contributed by atoms with E-state index in [4.69, 9.17) is 15.9 Å². The van der Waals surface area contributed by atoms with Gasteiger partial charge in [0, 0.05) is 26.1 Å². The van der Waals surface area contributed by atoms with Crippen molar-refractivity contribution in [1.82, 2.24) is 4.90 Å². The Bertz CT molecular complexity index is 404. The fraction of sp³-hybridized carbons (Fsp3) is 0.533. The summed E-state index contributed by atoms with van der Waals surface area (Å²) in [5, 5.41) is 7.34. The van der Waals surface area contributed by atoms with E-state index in [1.54, 1.807) is 7.11 Å². The predicted octanol–water partition coefficient (Wildman–Crippen LogP) is 2.48. The minimum Gasteiger partial charge on any atom is -0.497 e. The molecule has 1 rings (SSSR count). The molecule has 0 atom stereocenters. The van der Waals surface area contributed by atoms with Crippen LogP contribution in [0.15, 0.2) is 24.3 Å². The van der Waals surface area contributed by atoms with Gasteiger partial charge in [0.2, 0.25) is 0 Å². The lowest BCUT2D eigenvalue weighted by molar-refractivity contribution is 0.242. The third-order valence-corrected chi connectivity index (χ3v) is 2.86. The largest absolute Gasteiger partial charge is 0.497 e. The van der Waals surface area contributed by atoms with Crippen molar-refractivity contribution in [2.45, 2.75) is 26.8 Å². The van der Waals surface area contributed by atoms with Gasteiger partial charge in [0.05, 0.1) is 12.9 Å². The lowest BCUT2D eigenvalue weighted by atomic mass is 10.1. The average molecular weight is 263 g/mol. The third kappa shape index (κ3) is 6.25. The van der Waals surface area contributed by atoms with E-state index in [0.29, 0.717) is 12.3 Å². The highest BCUT2D eigenvalue weighted by molar-refractivity contribution is 5.76. The number of benzene rings is 1. The Hall–Kier alpha value is -1.55. The zero-order chi connectivity index (χ0) is 14.3. The van der Waals surface area contributed by atoms with Crippen LogP contribution in [-0.2, 0) is 6.54 Å². The van der Waals surface area contributed by atoms with E-state index >= 15 is 0 Å². The Balaban J connectivity index is 2.66. The second-order valence-electron chi connectivity index (χ2n) is 5.26. The van der Waals surface area contributed by atoms with Crippen LogP contribution in [0.2, 0.25) is 0 Å². The number of amidine groups is 1. The quantitative estimate of drug-likeness (QED) is 0.559. The van der Waals surface area contributed by atoms with Crippen molar-refractivity contribution < 1.29 is 4.74 Å². The summed E-state index contributed by atoms with van der Waals surface area (Å²) < 4.78 is 5.24. The molecule has 0 aliphatic carbocycles. The third-order valence-electron chi connectivity index (χ3n) is 2.86. The van der Waals surface area contributed by atoms with Gasteiger partial charge in [-0.05, 0) is 23.6 Å². The molecule has 106 valence electrons. The monoisotopic (exact) mass is 263 g/mol. The molecule has 0 bridgehead atoms. The molecule has 4 heteroatoms. The Morgan fingerprint density at radius 2 is 2.16 bits per heavy atom. The fourth-order valence-corrected chi connectivity index (χ4v) is 2.06. The highest BCUT2D eigenvalue weighted by Crippen LogP contribution is 2.15. The van der Waals surface area contributed by atoms with E-state index in [1.807, 2.05) is 12.1 Å². The highest BCUT2D eigenvalue weighted by Gasteiger charge is 2.09. The van der Waals surface area contributed by atoms with Crippen LogP contribution >= 0.6 is 0 Å². The number of ether oxygens (including phenoxy) is 1. The molecule has 0 aromatic heterocycles. The Labute approximate surface area is 116 Å². The van der Waals surface area contributed by atoms with Gasteiger partial charge in [0.1, 0.15) is 5.75 Å². The maximum absolute atomic E-state index is 7.34. The van der Waals surface area contributed by atoms with Crippen LogP contribution in [0.1, 0.15) is 25.8 Å². The first-order valence-corrected chi connectivity index (χ1v) is 6.69. The topological polar surface area (TPSA) is 62.3 Å². The molecule has 1 aromatic rings. The van der Waals surface area contributed by atoms with Crippen molar-refractivity contribution in [2.24, 2.45) is 11.7 Å². The van der Waals surface area contributed by atoms with Crippen LogP contribution in [0.5, 0.6) is 5.75 Å². The highest BCUT2D eigenvalue weighted by atomic mass is 16.5. The van der Waals surface area contributed by atoms with E-state index in [0.717, 1.165) is 25.4 Å². The van der Waals surface area contributed by atoms with Crippen LogP contribution in [-0.4, -0.2) is 30.9 Å². The Morgan fingerprint density at radius 3 is 2.74 bits per heavy atom. The van der Waals surface area contributed by atoms with Gasteiger partial charge in [0.15, 0.2) is 0 Å². The van der Waals surface area contributed by atoms with Crippen molar-refractivity contribution >= 4 is 5.84 Å². The zero-order valence-electron chi connectivity index (χ0n) is 12.1. The number of hydrogen-bond donors (Lipinski definition) is 2. The maximum Gasteiger partial charge on any atom is 0.119 e. The van der Waals surface area contributed by atoms with Crippen LogP contribution in [0.4, 0.5) is 0 Å².